The Balaban J connectivity index is 1.99. The minimum absolute atomic E-state index is 0.0368. The van der Waals surface area contributed by atoms with Crippen LogP contribution in [-0.4, -0.2) is 40.6 Å². The molecule has 1 aromatic rings. The van der Waals surface area contributed by atoms with Gasteiger partial charge in [-0.05, 0) is 6.42 Å². The van der Waals surface area contributed by atoms with E-state index in [-0.39, 0.29) is 11.9 Å². The molecule has 0 bridgehead atoms. The Morgan fingerprint density at radius 2 is 2.44 bits per heavy atom. The highest BCUT2D eigenvalue weighted by Crippen LogP contribution is 2.22. The van der Waals surface area contributed by atoms with Crippen molar-refractivity contribution in [3.63, 3.8) is 0 Å². The van der Waals surface area contributed by atoms with E-state index < -0.39 is 0 Å². The van der Waals surface area contributed by atoms with Gasteiger partial charge in [0.05, 0.1) is 13.0 Å². The summed E-state index contributed by atoms with van der Waals surface area (Å²) < 4.78 is 6.59. The molecule has 5 heteroatoms. The van der Waals surface area contributed by atoms with Crippen molar-refractivity contribution in [1.29, 1.82) is 0 Å². The number of methoxy groups -OCH3 is 1. The van der Waals surface area contributed by atoms with Gasteiger partial charge >= 0.3 is 5.97 Å². The number of esters is 1. The molecule has 1 fully saturated rings. The lowest BCUT2D eigenvalue weighted by Crippen LogP contribution is -2.24. The molecule has 1 aromatic heterocycles. The number of hydrogen-bond donors (Lipinski definition) is 0. The maximum atomic E-state index is 11.4. The second-order valence-corrected chi connectivity index (χ2v) is 3.84. The lowest BCUT2D eigenvalue weighted by atomic mass is 10.1. The highest BCUT2D eigenvalue weighted by Gasteiger charge is 2.29. The van der Waals surface area contributed by atoms with Gasteiger partial charge in [-0.3, -0.25) is 9.36 Å². The summed E-state index contributed by atoms with van der Waals surface area (Å²) in [7, 11) is 1.43. The SMILES string of the molecule is C=C(N1CC[C@H](C(=O)OC)C1)n1ccnc1. The summed E-state index contributed by atoms with van der Waals surface area (Å²) >= 11 is 0. The minimum Gasteiger partial charge on any atom is -0.469 e. The average Bonchev–Trinajstić information content (AvgIpc) is 2.97. The summed E-state index contributed by atoms with van der Waals surface area (Å²) in [6.07, 6.45) is 6.07. The molecule has 1 saturated heterocycles. The smallest absolute Gasteiger partial charge is 0.310 e. The fourth-order valence-electron chi connectivity index (χ4n) is 1.93. The Morgan fingerprint density at radius 3 is 3.06 bits per heavy atom. The van der Waals surface area contributed by atoms with Gasteiger partial charge in [-0.1, -0.05) is 6.58 Å². The number of carbonyl (C=O) groups is 1. The van der Waals surface area contributed by atoms with Gasteiger partial charge in [0.2, 0.25) is 0 Å². The van der Waals surface area contributed by atoms with Gasteiger partial charge in [-0.15, -0.1) is 0 Å². The normalized spacial score (nSPS) is 19.8. The molecule has 1 aliphatic rings. The number of carbonyl (C=O) groups excluding carboxylic acids is 1. The van der Waals surface area contributed by atoms with Crippen LogP contribution in [-0.2, 0) is 9.53 Å². The van der Waals surface area contributed by atoms with Crippen LogP contribution < -0.4 is 0 Å². The van der Waals surface area contributed by atoms with Crippen LogP contribution in [0.2, 0.25) is 0 Å². The largest absolute Gasteiger partial charge is 0.469 e. The van der Waals surface area contributed by atoms with Gasteiger partial charge in [0.25, 0.3) is 0 Å². The average molecular weight is 221 g/mol. The van der Waals surface area contributed by atoms with Gasteiger partial charge < -0.3 is 9.64 Å². The molecular formula is C11H15N3O2. The topological polar surface area (TPSA) is 47.4 Å². The zero-order valence-corrected chi connectivity index (χ0v) is 9.30. The van der Waals surface area contributed by atoms with Gasteiger partial charge in [0.15, 0.2) is 0 Å². The van der Waals surface area contributed by atoms with Crippen molar-refractivity contribution in [1.82, 2.24) is 14.5 Å². The van der Waals surface area contributed by atoms with Gasteiger partial charge in [0.1, 0.15) is 12.1 Å². The van der Waals surface area contributed by atoms with Crippen molar-refractivity contribution in [2.75, 3.05) is 20.2 Å². The standard InChI is InChI=1S/C11H15N3O2/c1-9(14-6-4-12-8-14)13-5-3-10(7-13)11(15)16-2/h4,6,8,10H,1,3,5,7H2,2H3/t10-/m0/s1. The van der Waals surface area contributed by atoms with E-state index in [4.69, 9.17) is 4.74 Å². The predicted molar refractivity (Wildman–Crippen MR) is 59.3 cm³/mol. The minimum atomic E-state index is -0.138. The molecule has 0 aromatic carbocycles. The monoisotopic (exact) mass is 221 g/mol. The first-order valence-electron chi connectivity index (χ1n) is 5.22. The van der Waals surface area contributed by atoms with Crippen molar-refractivity contribution < 1.29 is 9.53 Å². The molecule has 5 nitrogen and oxygen atoms in total. The van der Waals surface area contributed by atoms with Crippen LogP contribution in [0.15, 0.2) is 25.3 Å². The number of ether oxygens (including phenoxy) is 1. The third kappa shape index (κ3) is 1.93. The molecule has 2 rings (SSSR count). The molecule has 0 unspecified atom stereocenters. The van der Waals surface area contributed by atoms with Crippen molar-refractivity contribution >= 4 is 11.8 Å². The maximum absolute atomic E-state index is 11.4. The number of imidazole rings is 1. The van der Waals surface area contributed by atoms with Gasteiger partial charge in [-0.2, -0.15) is 0 Å². The lowest BCUT2D eigenvalue weighted by Gasteiger charge is -2.21. The summed E-state index contributed by atoms with van der Waals surface area (Å²) in [4.78, 5) is 17.4. The molecule has 0 N–H and O–H groups in total. The molecule has 0 amide bonds. The van der Waals surface area contributed by atoms with Crippen LogP contribution in [0.1, 0.15) is 6.42 Å². The van der Waals surface area contributed by atoms with Crippen LogP contribution in [0.4, 0.5) is 0 Å². The zero-order valence-electron chi connectivity index (χ0n) is 9.30. The van der Waals surface area contributed by atoms with Crippen molar-refractivity contribution in [3.8, 4) is 0 Å². The number of likely N-dealkylation sites (tertiary alicyclic amines) is 1. The first kappa shape index (κ1) is 10.7. The van der Waals surface area contributed by atoms with Crippen molar-refractivity contribution in [2.45, 2.75) is 6.42 Å². The Kier molecular flexibility index (Phi) is 2.94. The quantitative estimate of drug-likeness (QED) is 0.708. The molecule has 0 aliphatic carbocycles. The van der Waals surface area contributed by atoms with Crippen molar-refractivity contribution in [2.24, 2.45) is 5.92 Å². The molecule has 0 radical (unpaired) electrons. The summed E-state index contributed by atoms with van der Waals surface area (Å²) in [6, 6.07) is 0. The molecule has 2 heterocycles. The number of nitrogens with zero attached hydrogens (tertiary/aromatic N) is 3. The Labute approximate surface area is 94.3 Å². The number of hydrogen-bond acceptors (Lipinski definition) is 4. The molecule has 1 aliphatic heterocycles. The Morgan fingerprint density at radius 1 is 1.62 bits per heavy atom. The third-order valence-electron chi connectivity index (χ3n) is 2.89. The van der Waals surface area contributed by atoms with E-state index in [1.165, 1.54) is 7.11 Å². The van der Waals surface area contributed by atoms with Crippen LogP contribution >= 0.6 is 0 Å². The van der Waals surface area contributed by atoms with Crippen LogP contribution in [0.5, 0.6) is 0 Å². The highest BCUT2D eigenvalue weighted by molar-refractivity contribution is 5.73. The summed E-state index contributed by atoms with van der Waals surface area (Å²) in [5.74, 6) is 0.676. The van der Waals surface area contributed by atoms with Crippen LogP contribution in [0, 0.1) is 5.92 Å². The number of rotatable bonds is 3. The molecule has 1 atom stereocenters. The fourth-order valence-corrected chi connectivity index (χ4v) is 1.93. The van der Waals surface area contributed by atoms with E-state index in [9.17, 15) is 4.79 Å². The molecule has 16 heavy (non-hydrogen) atoms. The third-order valence-corrected chi connectivity index (χ3v) is 2.89. The number of aromatic nitrogens is 2. The molecular weight excluding hydrogens is 206 g/mol. The van der Waals surface area contributed by atoms with E-state index in [0.717, 1.165) is 18.8 Å². The van der Waals surface area contributed by atoms with Gasteiger partial charge in [-0.25, -0.2) is 4.98 Å². The van der Waals surface area contributed by atoms with E-state index in [2.05, 4.69) is 16.5 Å². The van der Waals surface area contributed by atoms with E-state index in [1.807, 2.05) is 10.8 Å². The van der Waals surface area contributed by atoms with E-state index >= 15 is 0 Å². The Bertz CT molecular complexity index is 386. The maximum Gasteiger partial charge on any atom is 0.310 e. The second-order valence-electron chi connectivity index (χ2n) is 3.84. The molecule has 86 valence electrons. The summed E-state index contributed by atoms with van der Waals surface area (Å²) in [5, 5.41) is 0. The first-order chi connectivity index (χ1) is 7.72. The lowest BCUT2D eigenvalue weighted by molar-refractivity contribution is -0.144. The first-order valence-corrected chi connectivity index (χ1v) is 5.22. The fraction of sp³-hybridized carbons (Fsp3) is 0.455. The highest BCUT2D eigenvalue weighted by atomic mass is 16.5. The predicted octanol–water partition coefficient (Wildman–Crippen LogP) is 0.806. The summed E-state index contributed by atoms with van der Waals surface area (Å²) in [5.41, 5.74) is 0. The van der Waals surface area contributed by atoms with Crippen molar-refractivity contribution in [3.05, 3.63) is 25.3 Å². The molecule has 0 saturated carbocycles. The van der Waals surface area contributed by atoms with E-state index in [1.54, 1.807) is 12.5 Å². The second kappa shape index (κ2) is 4.38. The van der Waals surface area contributed by atoms with E-state index in [0.29, 0.717) is 6.54 Å². The summed E-state index contributed by atoms with van der Waals surface area (Å²) in [6.45, 7) is 5.50. The Hall–Kier alpha value is -1.78. The molecule has 0 spiro atoms. The van der Waals surface area contributed by atoms with Gasteiger partial charge in [0, 0.05) is 25.5 Å². The van der Waals surface area contributed by atoms with Crippen LogP contribution in [0.3, 0.4) is 0 Å². The van der Waals surface area contributed by atoms with Crippen LogP contribution in [0.25, 0.3) is 5.82 Å². The zero-order chi connectivity index (χ0) is 11.5.